The number of rotatable bonds is 1. The van der Waals surface area contributed by atoms with E-state index in [2.05, 4.69) is 23.9 Å². The summed E-state index contributed by atoms with van der Waals surface area (Å²) in [6.45, 7) is 4.13. The van der Waals surface area contributed by atoms with Crippen LogP contribution in [0.15, 0.2) is 16.9 Å². The Kier molecular flexibility index (Phi) is 1.88. The van der Waals surface area contributed by atoms with Gasteiger partial charge < -0.3 is 0 Å². The van der Waals surface area contributed by atoms with Crippen LogP contribution in [0.3, 0.4) is 0 Å². The van der Waals surface area contributed by atoms with E-state index in [1.165, 1.54) is 0 Å². The first-order valence-corrected chi connectivity index (χ1v) is 4.81. The molecule has 0 atom stereocenters. The SMILES string of the molecule is CC(C)c1ccc2nc(=O)sn2n1. The minimum Gasteiger partial charge on any atom is -0.253 e. The first kappa shape index (κ1) is 8.37. The van der Waals surface area contributed by atoms with E-state index in [1.807, 2.05) is 12.1 Å². The molecule has 2 aromatic heterocycles. The number of hydrogen-bond donors (Lipinski definition) is 0. The van der Waals surface area contributed by atoms with Gasteiger partial charge in [-0.3, -0.25) is 4.79 Å². The fourth-order valence-corrected chi connectivity index (χ4v) is 1.67. The third-order valence-corrected chi connectivity index (χ3v) is 2.46. The molecule has 4 nitrogen and oxygen atoms in total. The summed E-state index contributed by atoms with van der Waals surface area (Å²) in [5, 5.41) is 4.27. The molecule has 2 heterocycles. The minimum absolute atomic E-state index is 0.201. The molecule has 0 radical (unpaired) electrons. The molecule has 2 aromatic rings. The molecule has 0 saturated carbocycles. The van der Waals surface area contributed by atoms with Gasteiger partial charge >= 0.3 is 4.87 Å². The molecule has 0 fully saturated rings. The van der Waals surface area contributed by atoms with Crippen LogP contribution >= 0.6 is 11.5 Å². The van der Waals surface area contributed by atoms with E-state index in [0.717, 1.165) is 17.2 Å². The number of fused-ring (bicyclic) bond motifs is 1. The summed E-state index contributed by atoms with van der Waals surface area (Å²) in [5.74, 6) is 0.370. The van der Waals surface area contributed by atoms with Crippen molar-refractivity contribution in [3.05, 3.63) is 27.5 Å². The van der Waals surface area contributed by atoms with Crippen LogP contribution in [-0.2, 0) is 0 Å². The molecule has 0 spiro atoms. The quantitative estimate of drug-likeness (QED) is 0.688. The lowest BCUT2D eigenvalue weighted by atomic mass is 10.1. The molecular formula is C8H9N3OS. The summed E-state index contributed by atoms with van der Waals surface area (Å²) in [7, 11) is 0. The second-order valence-electron chi connectivity index (χ2n) is 3.11. The van der Waals surface area contributed by atoms with Gasteiger partial charge in [-0.05, 0) is 18.1 Å². The van der Waals surface area contributed by atoms with E-state index in [4.69, 9.17) is 0 Å². The average Bonchev–Trinajstić information content (AvgIpc) is 2.42. The normalized spacial score (nSPS) is 11.3. The highest BCUT2D eigenvalue weighted by atomic mass is 32.1. The molecule has 0 aliphatic rings. The molecule has 0 saturated heterocycles. The van der Waals surface area contributed by atoms with Crippen molar-refractivity contribution in [2.75, 3.05) is 0 Å². The Labute approximate surface area is 79.0 Å². The molecule has 0 aliphatic heterocycles. The Morgan fingerprint density at radius 3 is 2.92 bits per heavy atom. The highest BCUT2D eigenvalue weighted by Gasteiger charge is 2.04. The average molecular weight is 195 g/mol. The van der Waals surface area contributed by atoms with Crippen molar-refractivity contribution in [1.29, 1.82) is 0 Å². The van der Waals surface area contributed by atoms with Gasteiger partial charge in [0.1, 0.15) is 0 Å². The lowest BCUT2D eigenvalue weighted by Gasteiger charge is -2.02. The summed E-state index contributed by atoms with van der Waals surface area (Å²) in [6, 6.07) is 3.72. The fourth-order valence-electron chi connectivity index (χ4n) is 1.06. The van der Waals surface area contributed by atoms with Crippen molar-refractivity contribution in [3.8, 4) is 0 Å². The highest BCUT2D eigenvalue weighted by molar-refractivity contribution is 7.03. The Hall–Kier alpha value is -1.23. The number of aromatic nitrogens is 3. The minimum atomic E-state index is -0.201. The zero-order valence-corrected chi connectivity index (χ0v) is 8.21. The lowest BCUT2D eigenvalue weighted by Crippen LogP contribution is -1.97. The van der Waals surface area contributed by atoms with Crippen LogP contribution in [0.5, 0.6) is 0 Å². The predicted molar refractivity (Wildman–Crippen MR) is 51.2 cm³/mol. The van der Waals surface area contributed by atoms with E-state index >= 15 is 0 Å². The lowest BCUT2D eigenvalue weighted by molar-refractivity contribution is 0.781. The van der Waals surface area contributed by atoms with Gasteiger partial charge in [0.2, 0.25) is 0 Å². The molecule has 0 aromatic carbocycles. The third-order valence-electron chi connectivity index (χ3n) is 1.77. The maximum Gasteiger partial charge on any atom is 0.346 e. The van der Waals surface area contributed by atoms with Gasteiger partial charge in [-0.25, -0.2) is 0 Å². The molecule has 68 valence electrons. The van der Waals surface area contributed by atoms with E-state index in [1.54, 1.807) is 3.90 Å². The Morgan fingerprint density at radius 2 is 2.23 bits per heavy atom. The second-order valence-corrected chi connectivity index (χ2v) is 3.99. The highest BCUT2D eigenvalue weighted by Crippen LogP contribution is 2.11. The first-order valence-electron chi connectivity index (χ1n) is 4.04. The van der Waals surface area contributed by atoms with E-state index in [9.17, 15) is 4.79 Å². The molecule has 5 heteroatoms. The van der Waals surface area contributed by atoms with Crippen LogP contribution in [0.1, 0.15) is 25.5 Å². The molecule has 0 bridgehead atoms. The van der Waals surface area contributed by atoms with Crippen molar-refractivity contribution < 1.29 is 0 Å². The van der Waals surface area contributed by atoms with Gasteiger partial charge in [0, 0.05) is 11.5 Å². The monoisotopic (exact) mass is 195 g/mol. The zero-order valence-electron chi connectivity index (χ0n) is 7.39. The van der Waals surface area contributed by atoms with Gasteiger partial charge in [0.15, 0.2) is 5.65 Å². The molecular weight excluding hydrogens is 186 g/mol. The Morgan fingerprint density at radius 1 is 1.46 bits per heavy atom. The smallest absolute Gasteiger partial charge is 0.253 e. The van der Waals surface area contributed by atoms with Crippen molar-refractivity contribution in [1.82, 2.24) is 14.0 Å². The van der Waals surface area contributed by atoms with Crippen LogP contribution in [0.25, 0.3) is 5.65 Å². The van der Waals surface area contributed by atoms with Crippen molar-refractivity contribution in [2.45, 2.75) is 19.8 Å². The van der Waals surface area contributed by atoms with Crippen molar-refractivity contribution in [2.24, 2.45) is 0 Å². The Balaban J connectivity index is 2.68. The summed E-state index contributed by atoms with van der Waals surface area (Å²) in [5.41, 5.74) is 1.60. The van der Waals surface area contributed by atoms with Crippen molar-refractivity contribution in [3.63, 3.8) is 0 Å². The van der Waals surface area contributed by atoms with Gasteiger partial charge in [0.25, 0.3) is 0 Å². The van der Waals surface area contributed by atoms with Crippen LogP contribution in [-0.4, -0.2) is 14.0 Å². The van der Waals surface area contributed by atoms with Gasteiger partial charge in [-0.1, -0.05) is 13.8 Å². The largest absolute Gasteiger partial charge is 0.346 e. The fraction of sp³-hybridized carbons (Fsp3) is 0.375. The van der Waals surface area contributed by atoms with Crippen LogP contribution in [0.4, 0.5) is 0 Å². The zero-order chi connectivity index (χ0) is 9.42. The summed E-state index contributed by atoms with van der Waals surface area (Å²) < 4.78 is 1.57. The topological polar surface area (TPSA) is 47.3 Å². The van der Waals surface area contributed by atoms with Gasteiger partial charge in [0.05, 0.1) is 5.69 Å². The van der Waals surface area contributed by atoms with Crippen LogP contribution < -0.4 is 4.87 Å². The number of nitrogens with zero attached hydrogens (tertiary/aromatic N) is 3. The standard InChI is InChI=1S/C8H9N3OS/c1-5(2)6-3-4-7-9-8(12)13-11(7)10-6/h3-5H,1-2H3. The molecule has 0 N–H and O–H groups in total. The molecule has 2 rings (SSSR count). The summed E-state index contributed by atoms with van der Waals surface area (Å²) in [6.07, 6.45) is 0. The third kappa shape index (κ3) is 1.47. The maximum absolute atomic E-state index is 10.9. The molecule has 0 aliphatic carbocycles. The van der Waals surface area contributed by atoms with Gasteiger partial charge in [-0.15, -0.1) is 0 Å². The van der Waals surface area contributed by atoms with Crippen LogP contribution in [0.2, 0.25) is 0 Å². The number of hydrogen-bond acceptors (Lipinski definition) is 4. The second kappa shape index (κ2) is 2.92. The molecule has 0 unspecified atom stereocenters. The molecule has 13 heavy (non-hydrogen) atoms. The van der Waals surface area contributed by atoms with Crippen molar-refractivity contribution >= 4 is 17.2 Å². The van der Waals surface area contributed by atoms with Crippen LogP contribution in [0, 0.1) is 0 Å². The first-order chi connectivity index (χ1) is 6.16. The predicted octanol–water partition coefficient (Wildman–Crippen LogP) is 1.27. The summed E-state index contributed by atoms with van der Waals surface area (Å²) in [4.78, 5) is 14.5. The van der Waals surface area contributed by atoms with E-state index in [0.29, 0.717) is 11.6 Å². The summed E-state index contributed by atoms with van der Waals surface area (Å²) >= 11 is 1.02. The Bertz CT molecular complexity index is 485. The molecule has 0 amide bonds. The van der Waals surface area contributed by atoms with Gasteiger partial charge in [-0.2, -0.15) is 14.0 Å². The van der Waals surface area contributed by atoms with E-state index in [-0.39, 0.29) is 4.87 Å². The van der Waals surface area contributed by atoms with E-state index < -0.39 is 0 Å². The maximum atomic E-state index is 10.9.